The lowest BCUT2D eigenvalue weighted by Crippen LogP contribution is -2.28. The molecule has 0 aromatic carbocycles. The van der Waals surface area contributed by atoms with Crippen LogP contribution in [0.1, 0.15) is 45.7 Å². The van der Waals surface area contributed by atoms with E-state index in [9.17, 15) is 13.2 Å². The Labute approximate surface area is 224 Å². The normalized spacial score (nSPS) is 28.1. The molecule has 3 fully saturated rings. The molecule has 5 heterocycles. The van der Waals surface area contributed by atoms with Crippen LogP contribution in [0.2, 0.25) is 0 Å². The monoisotopic (exact) mass is 549 g/mol. The Morgan fingerprint density at radius 3 is 2.64 bits per heavy atom. The van der Waals surface area contributed by atoms with Gasteiger partial charge in [0.2, 0.25) is 0 Å². The second-order valence-electron chi connectivity index (χ2n) is 10.6. The molecule has 0 amide bonds. The van der Waals surface area contributed by atoms with E-state index in [0.29, 0.717) is 42.5 Å². The molecule has 13 heteroatoms. The molecule has 3 aromatic heterocycles. The van der Waals surface area contributed by atoms with Crippen molar-refractivity contribution in [2.24, 2.45) is 5.92 Å². The zero-order valence-electron chi connectivity index (χ0n) is 21.4. The van der Waals surface area contributed by atoms with Crippen molar-refractivity contribution in [2.75, 3.05) is 37.0 Å². The molecule has 1 aliphatic carbocycles. The van der Waals surface area contributed by atoms with E-state index >= 15 is 0 Å². The zero-order valence-corrected chi connectivity index (χ0v) is 21.4. The van der Waals surface area contributed by atoms with E-state index in [0.717, 1.165) is 25.1 Å². The van der Waals surface area contributed by atoms with Crippen molar-refractivity contribution in [1.29, 1.82) is 0 Å². The summed E-state index contributed by atoms with van der Waals surface area (Å²) >= 11 is 0. The number of anilines is 2. The molecular formula is C26H34F3N7O3. The summed E-state index contributed by atoms with van der Waals surface area (Å²) in [6.07, 6.45) is 1.14. The third-order valence-electron chi connectivity index (χ3n) is 7.58. The average molecular weight is 550 g/mol. The molecule has 10 nitrogen and oxygen atoms in total. The van der Waals surface area contributed by atoms with Crippen LogP contribution in [0, 0.1) is 5.92 Å². The van der Waals surface area contributed by atoms with Gasteiger partial charge in [0.15, 0.2) is 17.3 Å². The number of aromatic nitrogens is 5. The van der Waals surface area contributed by atoms with Crippen LogP contribution in [0.15, 0.2) is 31.0 Å². The van der Waals surface area contributed by atoms with Gasteiger partial charge in [-0.2, -0.15) is 13.2 Å². The largest absolute Gasteiger partial charge is 0.417 e. The lowest BCUT2D eigenvalue weighted by Gasteiger charge is -2.24. The van der Waals surface area contributed by atoms with Gasteiger partial charge in [-0.3, -0.25) is 0 Å². The van der Waals surface area contributed by atoms with Crippen LogP contribution >= 0.6 is 0 Å². The second-order valence-corrected chi connectivity index (χ2v) is 10.6. The van der Waals surface area contributed by atoms with Gasteiger partial charge in [0, 0.05) is 38.4 Å². The number of methoxy groups -OCH3 is 1. The quantitative estimate of drug-likeness (QED) is 0.483. The number of imidazole rings is 1. The van der Waals surface area contributed by atoms with Crippen LogP contribution in [-0.4, -0.2) is 75.3 Å². The summed E-state index contributed by atoms with van der Waals surface area (Å²) in [6.45, 7) is 5.67. The van der Waals surface area contributed by atoms with Gasteiger partial charge in [0.05, 0.1) is 30.6 Å². The maximum Gasteiger partial charge on any atom is 0.417 e. The molecule has 2 saturated heterocycles. The fourth-order valence-corrected chi connectivity index (χ4v) is 5.93. The molecule has 5 atom stereocenters. The molecule has 3 aliphatic rings. The second kappa shape index (κ2) is 10.2. The van der Waals surface area contributed by atoms with Crippen molar-refractivity contribution in [3.63, 3.8) is 0 Å². The molecule has 0 spiro atoms. The van der Waals surface area contributed by atoms with E-state index in [1.54, 1.807) is 13.4 Å². The number of nitrogens with one attached hydrogen (secondary N) is 1. The van der Waals surface area contributed by atoms with Crippen LogP contribution in [0.4, 0.5) is 24.8 Å². The minimum atomic E-state index is -4.40. The molecule has 3 aromatic rings. The van der Waals surface area contributed by atoms with E-state index in [-0.39, 0.29) is 37.6 Å². The summed E-state index contributed by atoms with van der Waals surface area (Å²) in [5.41, 5.74) is 0.606. The van der Waals surface area contributed by atoms with E-state index in [2.05, 4.69) is 25.3 Å². The third kappa shape index (κ3) is 5.14. The summed E-state index contributed by atoms with van der Waals surface area (Å²) in [7, 11) is 1.69. The van der Waals surface area contributed by atoms with Crippen molar-refractivity contribution in [3.8, 4) is 0 Å². The molecule has 39 heavy (non-hydrogen) atoms. The first-order chi connectivity index (χ1) is 18.1. The molecule has 6 rings (SSSR count). The summed E-state index contributed by atoms with van der Waals surface area (Å²) in [5, 5.41) is 3.46. The Balaban J connectivity index is 0.00000308. The number of hydrogen-bond acceptors (Lipinski definition) is 9. The third-order valence-corrected chi connectivity index (χ3v) is 7.58. The van der Waals surface area contributed by atoms with Gasteiger partial charge in [-0.25, -0.2) is 19.9 Å². The van der Waals surface area contributed by atoms with Gasteiger partial charge in [0.25, 0.3) is 0 Å². The summed E-state index contributed by atoms with van der Waals surface area (Å²) < 4.78 is 58.6. The number of pyridine rings is 1. The van der Waals surface area contributed by atoms with E-state index < -0.39 is 17.5 Å². The first-order valence-corrected chi connectivity index (χ1v) is 12.7. The highest BCUT2D eigenvalue weighted by molar-refractivity contribution is 5.83. The standard InChI is InChI=1S/C25H30F3N7O3.CH4/c1-24(2)37-20-14(11-36-3)8-17(21(20)38-24)35-13-32-19-22(30-12-31-23(19)35)33-16-6-7-34(10-16)18-5-4-15(9-29-18)25(26,27)28;/h4-5,9,12-14,16-17,20-21H,6-8,10-11H2,1-3H3,(H,30,31,33);1H4/t14-,16+,17-,20-,21+;/m1./s1. The molecular weight excluding hydrogens is 515 g/mol. The lowest BCUT2D eigenvalue weighted by molar-refractivity contribution is -0.162. The Bertz CT molecular complexity index is 1300. The van der Waals surface area contributed by atoms with E-state index in [1.165, 1.54) is 12.4 Å². The van der Waals surface area contributed by atoms with Crippen molar-refractivity contribution in [2.45, 2.75) is 70.4 Å². The number of hydrogen-bond donors (Lipinski definition) is 1. The van der Waals surface area contributed by atoms with Gasteiger partial charge < -0.3 is 29.0 Å². The predicted octanol–water partition coefficient (Wildman–Crippen LogP) is 4.29. The minimum absolute atomic E-state index is 0. The Morgan fingerprint density at radius 1 is 1.13 bits per heavy atom. The molecule has 1 N–H and O–H groups in total. The molecule has 0 radical (unpaired) electrons. The van der Waals surface area contributed by atoms with Gasteiger partial charge in [-0.05, 0) is 38.8 Å². The number of fused-ring (bicyclic) bond motifs is 2. The molecule has 0 unspecified atom stereocenters. The van der Waals surface area contributed by atoms with Crippen molar-refractivity contribution in [3.05, 3.63) is 36.5 Å². The SMILES string of the molecule is C.COC[C@H]1C[C@@H](n2cnc3c(N[C@H]4CCN(c5ccc(C(F)(F)F)cn5)C4)ncnc32)[C@@H]2OC(C)(C)O[C@H]12. The summed E-state index contributed by atoms with van der Waals surface area (Å²) in [6, 6.07) is 2.49. The maximum atomic E-state index is 12.9. The number of alkyl halides is 3. The molecule has 0 bridgehead atoms. The predicted molar refractivity (Wildman–Crippen MR) is 138 cm³/mol. The van der Waals surface area contributed by atoms with Crippen molar-refractivity contribution in [1.82, 2.24) is 24.5 Å². The van der Waals surface area contributed by atoms with Gasteiger partial charge >= 0.3 is 6.18 Å². The van der Waals surface area contributed by atoms with Crippen LogP contribution in [0.25, 0.3) is 11.2 Å². The van der Waals surface area contributed by atoms with Crippen LogP contribution in [0.5, 0.6) is 0 Å². The van der Waals surface area contributed by atoms with Crippen LogP contribution < -0.4 is 10.2 Å². The molecule has 212 valence electrons. The highest BCUT2D eigenvalue weighted by atomic mass is 19.4. The zero-order chi connectivity index (χ0) is 26.7. The fourth-order valence-electron chi connectivity index (χ4n) is 5.93. The van der Waals surface area contributed by atoms with E-state index in [1.807, 2.05) is 23.3 Å². The number of halogens is 3. The first kappa shape index (κ1) is 27.5. The van der Waals surface area contributed by atoms with Gasteiger partial charge in [-0.1, -0.05) is 7.43 Å². The van der Waals surface area contributed by atoms with E-state index in [4.69, 9.17) is 14.2 Å². The summed E-state index contributed by atoms with van der Waals surface area (Å²) in [5.74, 6) is 0.654. The Morgan fingerprint density at radius 2 is 1.92 bits per heavy atom. The Kier molecular flexibility index (Phi) is 7.18. The van der Waals surface area contributed by atoms with Crippen molar-refractivity contribution < 1.29 is 27.4 Å². The van der Waals surface area contributed by atoms with Crippen molar-refractivity contribution >= 4 is 22.8 Å². The first-order valence-electron chi connectivity index (χ1n) is 12.7. The minimum Gasteiger partial charge on any atom is -0.384 e. The molecule has 2 aliphatic heterocycles. The number of nitrogens with zero attached hydrogens (tertiary/aromatic N) is 6. The van der Waals surface area contributed by atoms with Gasteiger partial charge in [-0.15, -0.1) is 0 Å². The Hall–Kier alpha value is -3.03. The van der Waals surface area contributed by atoms with Crippen LogP contribution in [0.3, 0.4) is 0 Å². The lowest BCUT2D eigenvalue weighted by atomic mass is 10.1. The average Bonchev–Trinajstić information content (AvgIpc) is 3.63. The highest BCUT2D eigenvalue weighted by Gasteiger charge is 2.54. The fraction of sp³-hybridized carbons (Fsp3) is 0.615. The number of ether oxygens (including phenoxy) is 3. The molecule has 1 saturated carbocycles. The van der Waals surface area contributed by atoms with Gasteiger partial charge in [0.1, 0.15) is 23.8 Å². The van der Waals surface area contributed by atoms with Crippen LogP contribution in [-0.2, 0) is 20.4 Å². The maximum absolute atomic E-state index is 12.9. The number of rotatable bonds is 6. The smallest absolute Gasteiger partial charge is 0.384 e. The topological polar surface area (TPSA) is 99.5 Å². The summed E-state index contributed by atoms with van der Waals surface area (Å²) in [4.78, 5) is 19.6. The highest BCUT2D eigenvalue weighted by Crippen LogP contribution is 2.47.